The molecule has 0 unspecified atom stereocenters. The van der Waals surface area contributed by atoms with Crippen LogP contribution in [0.15, 0.2) is 48.7 Å². The van der Waals surface area contributed by atoms with E-state index in [1.807, 2.05) is 18.2 Å². The minimum Gasteiger partial charge on any atom is -0.340 e. The van der Waals surface area contributed by atoms with E-state index in [1.165, 1.54) is 18.4 Å². The molecule has 1 aromatic heterocycles. The summed E-state index contributed by atoms with van der Waals surface area (Å²) >= 11 is 0. The summed E-state index contributed by atoms with van der Waals surface area (Å²) in [6, 6.07) is 14.6. The van der Waals surface area contributed by atoms with Gasteiger partial charge in [0.2, 0.25) is 0 Å². The summed E-state index contributed by atoms with van der Waals surface area (Å²) in [5.74, 6) is 1.60. The quantitative estimate of drug-likeness (QED) is 0.881. The van der Waals surface area contributed by atoms with Crippen molar-refractivity contribution in [2.24, 2.45) is 0 Å². The largest absolute Gasteiger partial charge is 0.340 e. The Labute approximate surface area is 114 Å². The minimum atomic E-state index is 0.713. The van der Waals surface area contributed by atoms with Gasteiger partial charge in [0.05, 0.1) is 0 Å². The van der Waals surface area contributed by atoms with E-state index in [1.54, 1.807) is 6.20 Å². The number of nitrogens with zero attached hydrogens (tertiary/aromatic N) is 1. The molecule has 19 heavy (non-hydrogen) atoms. The van der Waals surface area contributed by atoms with Gasteiger partial charge in [-0.1, -0.05) is 18.2 Å². The molecule has 1 aromatic carbocycles. The van der Waals surface area contributed by atoms with Crippen LogP contribution in [0.5, 0.6) is 0 Å². The molecule has 0 aliphatic carbocycles. The summed E-state index contributed by atoms with van der Waals surface area (Å²) in [5.41, 5.74) is 2.55. The molecule has 1 aliphatic rings. The fourth-order valence-electron chi connectivity index (χ4n) is 2.58. The van der Waals surface area contributed by atoms with Crippen LogP contribution in [0.4, 0.5) is 11.5 Å². The molecule has 0 amide bonds. The van der Waals surface area contributed by atoms with E-state index >= 15 is 0 Å². The molecule has 1 saturated heterocycles. The van der Waals surface area contributed by atoms with Gasteiger partial charge in [0.15, 0.2) is 0 Å². The molecular weight excluding hydrogens is 234 g/mol. The fraction of sp³-hybridized carbons (Fsp3) is 0.312. The summed E-state index contributed by atoms with van der Waals surface area (Å²) in [5, 5.41) is 6.72. The lowest BCUT2D eigenvalue weighted by Crippen LogP contribution is -2.26. The van der Waals surface area contributed by atoms with Gasteiger partial charge in [-0.2, -0.15) is 0 Å². The number of anilines is 2. The SMILES string of the molecule is c1ccc(Nc2ccc(C3CCNCC3)cc2)nc1. The Morgan fingerprint density at radius 2 is 1.79 bits per heavy atom. The molecule has 0 bridgehead atoms. The maximum absolute atomic E-state index is 4.27. The first-order chi connectivity index (χ1) is 9.42. The normalized spacial score (nSPS) is 16.2. The second kappa shape index (κ2) is 5.85. The van der Waals surface area contributed by atoms with Crippen molar-refractivity contribution < 1.29 is 0 Å². The van der Waals surface area contributed by atoms with Crippen molar-refractivity contribution in [3.63, 3.8) is 0 Å². The number of aromatic nitrogens is 1. The van der Waals surface area contributed by atoms with E-state index in [9.17, 15) is 0 Å². The average Bonchev–Trinajstić information content (AvgIpc) is 2.50. The third-order valence-electron chi connectivity index (χ3n) is 3.66. The number of piperidine rings is 1. The van der Waals surface area contributed by atoms with Gasteiger partial charge in [-0.3, -0.25) is 0 Å². The lowest BCUT2D eigenvalue weighted by molar-refractivity contribution is 0.460. The van der Waals surface area contributed by atoms with E-state index < -0.39 is 0 Å². The van der Waals surface area contributed by atoms with Crippen LogP contribution in [0.3, 0.4) is 0 Å². The van der Waals surface area contributed by atoms with Gasteiger partial charge in [-0.15, -0.1) is 0 Å². The van der Waals surface area contributed by atoms with Crippen LogP contribution in [-0.2, 0) is 0 Å². The standard InChI is InChI=1S/C16H19N3/c1-2-10-18-16(3-1)19-15-6-4-13(5-7-15)14-8-11-17-12-9-14/h1-7,10,14,17H,8-9,11-12H2,(H,18,19). The molecule has 3 nitrogen and oxygen atoms in total. The Bertz CT molecular complexity index is 501. The van der Waals surface area contributed by atoms with Gasteiger partial charge >= 0.3 is 0 Å². The highest BCUT2D eigenvalue weighted by Crippen LogP contribution is 2.26. The molecule has 0 radical (unpaired) electrons. The number of rotatable bonds is 3. The zero-order chi connectivity index (χ0) is 12.9. The van der Waals surface area contributed by atoms with Crippen molar-refractivity contribution >= 4 is 11.5 Å². The van der Waals surface area contributed by atoms with Crippen LogP contribution in [0.25, 0.3) is 0 Å². The van der Waals surface area contributed by atoms with Crippen LogP contribution in [0.1, 0.15) is 24.3 Å². The van der Waals surface area contributed by atoms with Gasteiger partial charge < -0.3 is 10.6 Å². The first-order valence-corrected chi connectivity index (χ1v) is 6.90. The van der Waals surface area contributed by atoms with Crippen LogP contribution in [0.2, 0.25) is 0 Å². The lowest BCUT2D eigenvalue weighted by Gasteiger charge is -2.23. The number of benzene rings is 1. The van der Waals surface area contributed by atoms with Crippen molar-refractivity contribution in [2.75, 3.05) is 18.4 Å². The van der Waals surface area contributed by atoms with E-state index in [0.717, 1.165) is 24.6 Å². The highest BCUT2D eigenvalue weighted by atomic mass is 15.0. The molecule has 3 rings (SSSR count). The molecular formula is C16H19N3. The van der Waals surface area contributed by atoms with E-state index in [4.69, 9.17) is 0 Å². The van der Waals surface area contributed by atoms with Gasteiger partial charge in [-0.25, -0.2) is 4.98 Å². The highest BCUT2D eigenvalue weighted by molar-refractivity contribution is 5.56. The maximum Gasteiger partial charge on any atom is 0.130 e. The fourth-order valence-corrected chi connectivity index (χ4v) is 2.58. The summed E-state index contributed by atoms with van der Waals surface area (Å²) in [6.45, 7) is 2.28. The Hall–Kier alpha value is -1.87. The van der Waals surface area contributed by atoms with Crippen molar-refractivity contribution in [3.05, 3.63) is 54.2 Å². The monoisotopic (exact) mass is 253 g/mol. The molecule has 98 valence electrons. The zero-order valence-electron chi connectivity index (χ0n) is 11.0. The Morgan fingerprint density at radius 1 is 1.00 bits per heavy atom. The number of pyridine rings is 1. The molecule has 0 spiro atoms. The molecule has 0 atom stereocenters. The molecule has 1 aliphatic heterocycles. The first kappa shape index (κ1) is 12.2. The average molecular weight is 253 g/mol. The number of hydrogen-bond donors (Lipinski definition) is 2. The molecule has 0 saturated carbocycles. The van der Waals surface area contributed by atoms with E-state index in [-0.39, 0.29) is 0 Å². The van der Waals surface area contributed by atoms with Crippen molar-refractivity contribution in [1.29, 1.82) is 0 Å². The van der Waals surface area contributed by atoms with Crippen molar-refractivity contribution in [3.8, 4) is 0 Å². The van der Waals surface area contributed by atoms with Crippen LogP contribution in [0, 0.1) is 0 Å². The van der Waals surface area contributed by atoms with Crippen molar-refractivity contribution in [2.45, 2.75) is 18.8 Å². The molecule has 2 N–H and O–H groups in total. The van der Waals surface area contributed by atoms with Crippen molar-refractivity contribution in [1.82, 2.24) is 10.3 Å². The highest BCUT2D eigenvalue weighted by Gasteiger charge is 2.14. The zero-order valence-corrected chi connectivity index (χ0v) is 11.0. The summed E-state index contributed by atoms with van der Waals surface area (Å²) in [6.07, 6.45) is 4.28. The van der Waals surface area contributed by atoms with Gasteiger partial charge in [0.1, 0.15) is 5.82 Å². The molecule has 2 aromatic rings. The number of nitrogens with one attached hydrogen (secondary N) is 2. The third kappa shape index (κ3) is 3.12. The van der Waals surface area contributed by atoms with E-state index in [0.29, 0.717) is 5.92 Å². The molecule has 1 fully saturated rings. The Kier molecular flexibility index (Phi) is 3.75. The van der Waals surface area contributed by atoms with E-state index in [2.05, 4.69) is 39.9 Å². The number of hydrogen-bond acceptors (Lipinski definition) is 3. The van der Waals surface area contributed by atoms with Crippen LogP contribution >= 0.6 is 0 Å². The third-order valence-corrected chi connectivity index (χ3v) is 3.66. The van der Waals surface area contributed by atoms with Gasteiger partial charge in [0.25, 0.3) is 0 Å². The Morgan fingerprint density at radius 3 is 2.47 bits per heavy atom. The summed E-state index contributed by atoms with van der Waals surface area (Å²) < 4.78 is 0. The molecule has 3 heteroatoms. The second-order valence-electron chi connectivity index (χ2n) is 4.99. The second-order valence-corrected chi connectivity index (χ2v) is 4.99. The van der Waals surface area contributed by atoms with Crippen LogP contribution in [-0.4, -0.2) is 18.1 Å². The maximum atomic E-state index is 4.27. The minimum absolute atomic E-state index is 0.713. The first-order valence-electron chi connectivity index (χ1n) is 6.90. The van der Waals surface area contributed by atoms with Crippen LogP contribution < -0.4 is 10.6 Å². The predicted octanol–water partition coefficient (Wildman–Crippen LogP) is 3.29. The Balaban J connectivity index is 1.68. The predicted molar refractivity (Wildman–Crippen MR) is 78.8 cm³/mol. The smallest absolute Gasteiger partial charge is 0.130 e. The van der Waals surface area contributed by atoms with Gasteiger partial charge in [0, 0.05) is 11.9 Å². The molecule has 2 heterocycles. The lowest BCUT2D eigenvalue weighted by atomic mass is 9.90. The summed E-state index contributed by atoms with van der Waals surface area (Å²) in [7, 11) is 0. The topological polar surface area (TPSA) is 37.0 Å². The van der Waals surface area contributed by atoms with Gasteiger partial charge in [-0.05, 0) is 61.7 Å². The summed E-state index contributed by atoms with van der Waals surface area (Å²) in [4.78, 5) is 4.27.